The first-order chi connectivity index (χ1) is 11.2. The van der Waals surface area contributed by atoms with E-state index in [-0.39, 0.29) is 18.8 Å². The van der Waals surface area contributed by atoms with Crippen LogP contribution in [0.2, 0.25) is 0 Å². The van der Waals surface area contributed by atoms with Gasteiger partial charge in [0.25, 0.3) is 0 Å². The maximum Gasteiger partial charge on any atom is 0.325 e. The highest BCUT2D eigenvalue weighted by atomic mass is 32.2. The minimum Gasteiger partial charge on any atom is -0.465 e. The van der Waals surface area contributed by atoms with Crippen molar-refractivity contribution in [2.24, 2.45) is 5.41 Å². The predicted molar refractivity (Wildman–Crippen MR) is 83.5 cm³/mol. The number of carbonyl (C=O) groups excluding carboxylic acids is 2. The molecule has 1 aliphatic rings. The maximum absolute atomic E-state index is 13.5. The fourth-order valence-corrected chi connectivity index (χ4v) is 4.95. The molecule has 8 heteroatoms. The molecule has 0 amide bonds. The van der Waals surface area contributed by atoms with Gasteiger partial charge in [-0.3, -0.25) is 9.59 Å². The van der Waals surface area contributed by atoms with Crippen molar-refractivity contribution >= 4 is 21.8 Å². The van der Waals surface area contributed by atoms with Crippen molar-refractivity contribution in [1.82, 2.24) is 0 Å². The van der Waals surface area contributed by atoms with Crippen molar-refractivity contribution in [3.05, 3.63) is 35.6 Å². The van der Waals surface area contributed by atoms with Crippen LogP contribution in [0, 0.1) is 11.2 Å². The Hall–Kier alpha value is -1.96. The number of esters is 2. The van der Waals surface area contributed by atoms with Crippen molar-refractivity contribution in [3.63, 3.8) is 0 Å². The standard InChI is InChI=1S/C16H19FO6S/c1-4-22-14(18)16(15(19)23-5-2)12(13(16)24(3,20)21)10-7-6-8-11(17)9-10/h6-9,12-13H,4-5H2,1-3H3/t12-,13+/m1/s1. The van der Waals surface area contributed by atoms with Crippen LogP contribution in [0.1, 0.15) is 25.3 Å². The lowest BCUT2D eigenvalue weighted by Crippen LogP contribution is -2.35. The Kier molecular flexibility index (Phi) is 4.98. The summed E-state index contributed by atoms with van der Waals surface area (Å²) in [6.07, 6.45) is 0.935. The highest BCUT2D eigenvalue weighted by Crippen LogP contribution is 2.64. The van der Waals surface area contributed by atoms with Gasteiger partial charge in [-0.1, -0.05) is 12.1 Å². The van der Waals surface area contributed by atoms with E-state index in [0.717, 1.165) is 12.3 Å². The summed E-state index contributed by atoms with van der Waals surface area (Å²) in [5, 5.41) is -1.34. The summed E-state index contributed by atoms with van der Waals surface area (Å²) in [7, 11) is -3.80. The van der Waals surface area contributed by atoms with Gasteiger partial charge >= 0.3 is 11.9 Å². The van der Waals surface area contributed by atoms with Gasteiger partial charge in [-0.2, -0.15) is 0 Å². The molecular weight excluding hydrogens is 339 g/mol. The lowest BCUT2D eigenvalue weighted by Gasteiger charge is -2.15. The Bertz CT molecular complexity index is 740. The van der Waals surface area contributed by atoms with Crippen LogP contribution in [0.4, 0.5) is 4.39 Å². The van der Waals surface area contributed by atoms with E-state index >= 15 is 0 Å². The fraction of sp³-hybridized carbons (Fsp3) is 0.500. The normalized spacial score (nSPS) is 21.8. The summed E-state index contributed by atoms with van der Waals surface area (Å²) in [5.41, 5.74) is -1.75. The van der Waals surface area contributed by atoms with Crippen molar-refractivity contribution in [2.45, 2.75) is 25.0 Å². The molecule has 1 saturated carbocycles. The molecule has 0 bridgehead atoms. The van der Waals surface area contributed by atoms with E-state index in [4.69, 9.17) is 9.47 Å². The number of sulfone groups is 1. The smallest absolute Gasteiger partial charge is 0.325 e. The van der Waals surface area contributed by atoms with Gasteiger partial charge in [0, 0.05) is 12.2 Å². The van der Waals surface area contributed by atoms with Gasteiger partial charge < -0.3 is 9.47 Å². The van der Waals surface area contributed by atoms with Crippen molar-refractivity contribution in [1.29, 1.82) is 0 Å². The highest BCUT2D eigenvalue weighted by Gasteiger charge is 2.81. The molecule has 6 nitrogen and oxygen atoms in total. The van der Waals surface area contributed by atoms with Crippen LogP contribution in [0.15, 0.2) is 24.3 Å². The van der Waals surface area contributed by atoms with Crippen LogP contribution >= 0.6 is 0 Å². The monoisotopic (exact) mass is 358 g/mol. The SMILES string of the molecule is CCOC(=O)C1(C(=O)OCC)[C@H](c2cccc(F)c2)[C@@H]1S(C)(=O)=O. The van der Waals surface area contributed by atoms with Gasteiger partial charge in [0.05, 0.1) is 18.5 Å². The third-order valence-electron chi connectivity index (χ3n) is 4.03. The molecule has 0 heterocycles. The number of halogens is 1. The number of benzene rings is 1. The van der Waals surface area contributed by atoms with Gasteiger partial charge in [0.1, 0.15) is 5.82 Å². The summed E-state index contributed by atoms with van der Waals surface area (Å²) in [6.45, 7) is 3.05. The zero-order chi connectivity index (χ0) is 18.1. The third kappa shape index (κ3) is 2.90. The summed E-state index contributed by atoms with van der Waals surface area (Å²) in [5.74, 6) is -3.56. The van der Waals surface area contributed by atoms with Crippen LogP contribution in [0.3, 0.4) is 0 Å². The van der Waals surface area contributed by atoms with E-state index < -0.39 is 44.2 Å². The second-order valence-corrected chi connectivity index (χ2v) is 7.76. The Morgan fingerprint density at radius 1 is 1.17 bits per heavy atom. The van der Waals surface area contributed by atoms with E-state index in [2.05, 4.69) is 0 Å². The van der Waals surface area contributed by atoms with Crippen LogP contribution in [0.25, 0.3) is 0 Å². The number of carbonyl (C=O) groups is 2. The van der Waals surface area contributed by atoms with Crippen LogP contribution in [0.5, 0.6) is 0 Å². The Labute approximate surface area is 139 Å². The van der Waals surface area contributed by atoms with Crippen LogP contribution < -0.4 is 0 Å². The van der Waals surface area contributed by atoms with Crippen LogP contribution in [-0.2, 0) is 28.9 Å². The molecule has 0 aromatic heterocycles. The zero-order valence-corrected chi connectivity index (χ0v) is 14.4. The second-order valence-electron chi connectivity index (χ2n) is 5.59. The molecule has 2 atom stereocenters. The molecule has 24 heavy (non-hydrogen) atoms. The first-order valence-corrected chi connectivity index (χ1v) is 9.45. The van der Waals surface area contributed by atoms with Gasteiger partial charge in [0.2, 0.25) is 0 Å². The Morgan fingerprint density at radius 3 is 2.12 bits per heavy atom. The summed E-state index contributed by atoms with van der Waals surface area (Å²) in [4.78, 5) is 25.0. The summed E-state index contributed by atoms with van der Waals surface area (Å²) in [6, 6.07) is 5.18. The molecule has 1 aromatic rings. The lowest BCUT2D eigenvalue weighted by molar-refractivity contribution is -0.164. The largest absolute Gasteiger partial charge is 0.465 e. The molecule has 0 aliphatic heterocycles. The molecule has 0 unspecified atom stereocenters. The molecule has 0 radical (unpaired) electrons. The minimum atomic E-state index is -3.80. The number of hydrogen-bond donors (Lipinski definition) is 0. The van der Waals surface area contributed by atoms with Gasteiger partial charge in [-0.25, -0.2) is 12.8 Å². The minimum absolute atomic E-state index is 0.0215. The molecular formula is C16H19FO6S. The van der Waals surface area contributed by atoms with Gasteiger partial charge in [-0.05, 0) is 31.5 Å². The van der Waals surface area contributed by atoms with Gasteiger partial charge in [-0.15, -0.1) is 0 Å². The molecule has 2 rings (SSSR count). The lowest BCUT2D eigenvalue weighted by atomic mass is 9.99. The maximum atomic E-state index is 13.5. The number of hydrogen-bond acceptors (Lipinski definition) is 6. The van der Waals surface area contributed by atoms with Crippen molar-refractivity contribution in [2.75, 3.05) is 19.5 Å². The second kappa shape index (κ2) is 6.51. The first-order valence-electron chi connectivity index (χ1n) is 7.50. The quantitative estimate of drug-likeness (QED) is 0.565. The Balaban J connectivity index is 2.61. The first kappa shape index (κ1) is 18.4. The molecule has 1 fully saturated rings. The van der Waals surface area contributed by atoms with E-state index in [1.807, 2.05) is 0 Å². The fourth-order valence-electron chi connectivity index (χ4n) is 3.15. The van der Waals surface area contributed by atoms with Crippen LogP contribution in [-0.4, -0.2) is 45.1 Å². The summed E-state index contributed by atoms with van der Waals surface area (Å²) < 4.78 is 47.8. The van der Waals surface area contributed by atoms with E-state index in [9.17, 15) is 22.4 Å². The summed E-state index contributed by atoms with van der Waals surface area (Å²) >= 11 is 0. The molecule has 132 valence electrons. The predicted octanol–water partition coefficient (Wildman–Crippen LogP) is 1.45. The number of rotatable bonds is 6. The van der Waals surface area contributed by atoms with E-state index in [1.54, 1.807) is 13.8 Å². The average Bonchev–Trinajstić information content (AvgIpc) is 3.19. The van der Waals surface area contributed by atoms with Crippen molar-refractivity contribution in [3.8, 4) is 0 Å². The number of ether oxygens (including phenoxy) is 2. The van der Waals surface area contributed by atoms with E-state index in [0.29, 0.717) is 0 Å². The Morgan fingerprint density at radius 2 is 1.71 bits per heavy atom. The third-order valence-corrected chi connectivity index (χ3v) is 5.59. The highest BCUT2D eigenvalue weighted by molar-refractivity contribution is 7.91. The molecule has 0 spiro atoms. The van der Waals surface area contributed by atoms with Gasteiger partial charge in [0.15, 0.2) is 15.3 Å². The topological polar surface area (TPSA) is 86.7 Å². The molecule has 1 aliphatic carbocycles. The molecule has 0 saturated heterocycles. The average molecular weight is 358 g/mol. The van der Waals surface area contributed by atoms with Crippen molar-refractivity contribution < 1.29 is 31.9 Å². The molecule has 0 N–H and O–H groups in total. The van der Waals surface area contributed by atoms with E-state index in [1.165, 1.54) is 18.2 Å². The zero-order valence-electron chi connectivity index (χ0n) is 13.6. The molecule has 1 aromatic carbocycles.